The molecule has 0 unspecified atom stereocenters. The first-order valence-electron chi connectivity index (χ1n) is 13.2. The van der Waals surface area contributed by atoms with Gasteiger partial charge < -0.3 is 16.0 Å². The molecule has 0 fully saturated rings. The molecular formula is C33H34F2N6. The first-order valence-corrected chi connectivity index (χ1v) is 13.2. The summed E-state index contributed by atoms with van der Waals surface area (Å²) < 4.78 is 29.3. The Kier molecular flexibility index (Phi) is 10.7. The van der Waals surface area contributed by atoms with E-state index in [4.69, 9.17) is 5.73 Å². The number of nitrogen functional groups attached to an aromatic ring is 1. The average Bonchev–Trinajstić information content (AvgIpc) is 3.41. The number of fused-ring (bicyclic) bond motifs is 1. The molecule has 0 radical (unpaired) electrons. The van der Waals surface area contributed by atoms with Crippen LogP contribution in [0.3, 0.4) is 0 Å². The molecule has 0 aliphatic rings. The van der Waals surface area contributed by atoms with E-state index in [-0.39, 0.29) is 29.2 Å². The van der Waals surface area contributed by atoms with Gasteiger partial charge in [-0.15, -0.1) is 12.8 Å². The van der Waals surface area contributed by atoms with Crippen molar-refractivity contribution in [1.82, 2.24) is 25.3 Å². The molecule has 1 aromatic carbocycles. The summed E-state index contributed by atoms with van der Waals surface area (Å²) in [6.45, 7) is 11.9. The minimum atomic E-state index is -0.523. The fraction of sp³-hybridized carbons (Fsp3) is 0.182. The maximum atomic E-state index is 15.9. The Balaban J connectivity index is 0.00000226. The average molecular weight is 553 g/mol. The molecule has 0 aliphatic carbocycles. The second kappa shape index (κ2) is 14.4. The number of nitrogens with zero attached hydrogens (tertiary/aromatic N) is 3. The lowest BCUT2D eigenvalue weighted by Gasteiger charge is -2.13. The van der Waals surface area contributed by atoms with Crippen LogP contribution >= 0.6 is 0 Å². The van der Waals surface area contributed by atoms with Crippen molar-refractivity contribution in [2.75, 3.05) is 5.73 Å². The Hall–Kier alpha value is -5.03. The number of H-pyrrole nitrogens is 1. The summed E-state index contributed by atoms with van der Waals surface area (Å²) in [7, 11) is 0. The SMILES string of the molecule is C#C.C=C/C(=C\C(=C/C)c1ncc(N)c(Cc2nc3c(-c4ccc(F)cc4)nccc3[nH]2)c1F)NC(=C)CCCC. The van der Waals surface area contributed by atoms with E-state index in [0.717, 1.165) is 36.0 Å². The van der Waals surface area contributed by atoms with Gasteiger partial charge in [0.05, 0.1) is 23.1 Å². The standard InChI is InChI=1S/C31H32F2N6.C2H2/c1-5-8-9-19(4)37-23(7-3)16-20(6-2)29-28(33)24(25(34)18-36-29)17-27-38-26-14-15-35-30(31(26)39-27)21-10-12-22(32)13-11-21;1-2/h6-7,10-16,18,37H,3-5,8-9,17,34H2,1-2H3,(H,38,39);1-2H/b20-6+,23-16+;. The summed E-state index contributed by atoms with van der Waals surface area (Å²) in [6, 6.07) is 7.84. The van der Waals surface area contributed by atoms with Crippen molar-refractivity contribution in [2.24, 2.45) is 0 Å². The van der Waals surface area contributed by atoms with E-state index in [2.05, 4.69) is 58.2 Å². The van der Waals surface area contributed by atoms with Gasteiger partial charge in [0.15, 0.2) is 5.82 Å². The van der Waals surface area contributed by atoms with Crippen molar-refractivity contribution < 1.29 is 8.78 Å². The van der Waals surface area contributed by atoms with Crippen LogP contribution in [0.1, 0.15) is 50.2 Å². The maximum Gasteiger partial charge on any atom is 0.155 e. The van der Waals surface area contributed by atoms with E-state index in [0.29, 0.717) is 28.3 Å². The zero-order chi connectivity index (χ0) is 29.9. The predicted octanol–water partition coefficient (Wildman–Crippen LogP) is 7.49. The number of halogens is 2. The van der Waals surface area contributed by atoms with Crippen LogP contribution in [-0.2, 0) is 6.42 Å². The highest BCUT2D eigenvalue weighted by molar-refractivity contribution is 5.89. The van der Waals surface area contributed by atoms with Gasteiger partial charge in [0.2, 0.25) is 0 Å². The van der Waals surface area contributed by atoms with Gasteiger partial charge in [-0.1, -0.05) is 32.6 Å². The van der Waals surface area contributed by atoms with E-state index < -0.39 is 5.82 Å². The van der Waals surface area contributed by atoms with E-state index in [1.807, 2.05) is 6.92 Å². The van der Waals surface area contributed by atoms with Crippen LogP contribution in [-0.4, -0.2) is 19.9 Å². The number of hydrogen-bond donors (Lipinski definition) is 3. The number of aromatic nitrogens is 4. The van der Waals surface area contributed by atoms with Gasteiger partial charge in [0.25, 0.3) is 0 Å². The number of unbranched alkanes of at least 4 members (excludes halogenated alkanes) is 1. The first-order chi connectivity index (χ1) is 19.8. The van der Waals surface area contributed by atoms with Crippen molar-refractivity contribution in [3.05, 3.63) is 114 Å². The molecule has 6 nitrogen and oxygen atoms in total. The minimum absolute atomic E-state index is 0.117. The highest BCUT2D eigenvalue weighted by Gasteiger charge is 2.19. The zero-order valence-electron chi connectivity index (χ0n) is 23.3. The first kappa shape index (κ1) is 30.5. The van der Waals surface area contributed by atoms with Gasteiger partial charge in [-0.05, 0) is 62.2 Å². The Morgan fingerprint density at radius 2 is 1.88 bits per heavy atom. The number of aromatic amines is 1. The number of imidazole rings is 1. The van der Waals surface area contributed by atoms with Gasteiger partial charge in [-0.2, -0.15) is 0 Å². The van der Waals surface area contributed by atoms with Crippen molar-refractivity contribution in [3.63, 3.8) is 0 Å². The molecule has 0 saturated heterocycles. The lowest BCUT2D eigenvalue weighted by atomic mass is 10.0. The van der Waals surface area contributed by atoms with E-state index in [1.165, 1.54) is 18.3 Å². The highest BCUT2D eigenvalue weighted by Crippen LogP contribution is 2.29. The molecule has 0 amide bonds. The molecular weight excluding hydrogens is 518 g/mol. The third-order valence-corrected chi connectivity index (χ3v) is 6.33. The van der Waals surface area contributed by atoms with Crippen LogP contribution in [0.5, 0.6) is 0 Å². The molecule has 210 valence electrons. The summed E-state index contributed by atoms with van der Waals surface area (Å²) in [5.74, 6) is -0.340. The number of rotatable bonds is 11. The van der Waals surface area contributed by atoms with Crippen LogP contribution in [0, 0.1) is 24.5 Å². The summed E-state index contributed by atoms with van der Waals surface area (Å²) in [4.78, 5) is 16.7. The summed E-state index contributed by atoms with van der Waals surface area (Å²) >= 11 is 0. The lowest BCUT2D eigenvalue weighted by Crippen LogP contribution is -2.11. The van der Waals surface area contributed by atoms with Gasteiger partial charge in [0, 0.05) is 40.7 Å². The van der Waals surface area contributed by atoms with E-state index >= 15 is 4.39 Å². The molecule has 3 heterocycles. The Morgan fingerprint density at radius 1 is 1.15 bits per heavy atom. The molecule has 8 heteroatoms. The van der Waals surface area contributed by atoms with Crippen molar-refractivity contribution in [3.8, 4) is 24.1 Å². The van der Waals surface area contributed by atoms with Gasteiger partial charge in [0.1, 0.15) is 22.9 Å². The van der Waals surface area contributed by atoms with Crippen LogP contribution in [0.2, 0.25) is 0 Å². The molecule has 3 aromatic heterocycles. The number of hydrogen-bond acceptors (Lipinski definition) is 5. The predicted molar refractivity (Wildman–Crippen MR) is 164 cm³/mol. The van der Waals surface area contributed by atoms with Crippen LogP contribution in [0.15, 0.2) is 85.5 Å². The molecule has 41 heavy (non-hydrogen) atoms. The van der Waals surface area contributed by atoms with E-state index in [1.54, 1.807) is 42.6 Å². The van der Waals surface area contributed by atoms with Crippen LogP contribution < -0.4 is 11.1 Å². The monoisotopic (exact) mass is 552 g/mol. The molecule has 4 aromatic rings. The molecule has 4 N–H and O–H groups in total. The van der Waals surface area contributed by atoms with Gasteiger partial charge in [-0.3, -0.25) is 9.97 Å². The second-order valence-corrected chi connectivity index (χ2v) is 9.16. The Labute approximate surface area is 239 Å². The molecule has 0 spiro atoms. The number of allylic oxidation sites excluding steroid dienone is 5. The normalized spacial score (nSPS) is 11.6. The molecule has 0 bridgehead atoms. The zero-order valence-corrected chi connectivity index (χ0v) is 23.3. The van der Waals surface area contributed by atoms with Gasteiger partial charge in [-0.25, -0.2) is 13.8 Å². The number of benzene rings is 1. The molecule has 0 atom stereocenters. The van der Waals surface area contributed by atoms with Crippen LogP contribution in [0.4, 0.5) is 14.5 Å². The minimum Gasteiger partial charge on any atom is -0.397 e. The van der Waals surface area contributed by atoms with Crippen molar-refractivity contribution >= 4 is 22.3 Å². The number of nitrogens with one attached hydrogen (secondary N) is 2. The maximum absolute atomic E-state index is 15.9. The number of pyridine rings is 2. The van der Waals surface area contributed by atoms with Crippen molar-refractivity contribution in [2.45, 2.75) is 39.5 Å². The van der Waals surface area contributed by atoms with E-state index in [9.17, 15) is 4.39 Å². The number of terminal acetylenes is 1. The third kappa shape index (κ3) is 7.34. The molecule has 4 rings (SSSR count). The van der Waals surface area contributed by atoms with Gasteiger partial charge >= 0.3 is 0 Å². The Morgan fingerprint density at radius 3 is 2.54 bits per heavy atom. The topological polar surface area (TPSA) is 92.5 Å². The van der Waals surface area contributed by atoms with Crippen LogP contribution in [0.25, 0.3) is 27.9 Å². The summed E-state index contributed by atoms with van der Waals surface area (Å²) in [5.41, 5.74) is 11.7. The summed E-state index contributed by atoms with van der Waals surface area (Å²) in [6.07, 6.45) is 19.4. The number of anilines is 1. The second-order valence-electron chi connectivity index (χ2n) is 9.16. The lowest BCUT2D eigenvalue weighted by molar-refractivity contribution is 0.603. The quantitative estimate of drug-likeness (QED) is 0.132. The highest BCUT2D eigenvalue weighted by atomic mass is 19.1. The number of nitrogens with two attached hydrogens (primary N) is 1. The largest absolute Gasteiger partial charge is 0.397 e. The smallest absolute Gasteiger partial charge is 0.155 e. The Bertz CT molecular complexity index is 1610. The third-order valence-electron chi connectivity index (χ3n) is 6.33. The summed E-state index contributed by atoms with van der Waals surface area (Å²) in [5, 5.41) is 3.25. The van der Waals surface area contributed by atoms with Crippen molar-refractivity contribution in [1.29, 1.82) is 0 Å². The fourth-order valence-corrected chi connectivity index (χ4v) is 4.23. The molecule has 0 aliphatic heterocycles. The molecule has 0 saturated carbocycles. The fourth-order valence-electron chi connectivity index (χ4n) is 4.23.